The number of aromatic nitrogens is 1. The molecule has 180 valence electrons. The second-order valence-electron chi connectivity index (χ2n) is 8.93. The number of aromatic hydroxyl groups is 1. The van der Waals surface area contributed by atoms with Gasteiger partial charge in [-0.15, -0.1) is 0 Å². The Morgan fingerprint density at radius 1 is 1.17 bits per heavy atom. The fraction of sp³-hybridized carbons (Fsp3) is 0.296. The summed E-state index contributed by atoms with van der Waals surface area (Å²) >= 11 is 0. The van der Waals surface area contributed by atoms with Crippen LogP contribution in [0.4, 0.5) is 0 Å². The molecular formula is C27H27N3O5. The number of nitrogens with zero attached hydrogens (tertiary/aromatic N) is 2. The number of amides is 2. The predicted octanol–water partition coefficient (Wildman–Crippen LogP) is 3.19. The monoisotopic (exact) mass is 473 g/mol. The van der Waals surface area contributed by atoms with Crippen molar-refractivity contribution in [2.75, 3.05) is 20.2 Å². The minimum Gasteiger partial charge on any atom is -0.504 e. The number of aryl methyl sites for hydroxylation is 1. The van der Waals surface area contributed by atoms with Crippen molar-refractivity contribution in [3.8, 4) is 23.0 Å². The Kier molecular flexibility index (Phi) is 6.27. The van der Waals surface area contributed by atoms with Crippen molar-refractivity contribution < 1.29 is 24.2 Å². The van der Waals surface area contributed by atoms with Crippen molar-refractivity contribution in [1.82, 2.24) is 15.2 Å². The third kappa shape index (κ3) is 4.91. The quantitative estimate of drug-likeness (QED) is 0.606. The average molecular weight is 474 g/mol. The highest BCUT2D eigenvalue weighted by molar-refractivity contribution is 5.80. The molecule has 0 aliphatic carbocycles. The van der Waals surface area contributed by atoms with Crippen molar-refractivity contribution in [2.45, 2.75) is 31.2 Å². The van der Waals surface area contributed by atoms with Crippen LogP contribution >= 0.6 is 0 Å². The van der Waals surface area contributed by atoms with Crippen LogP contribution < -0.4 is 14.8 Å². The van der Waals surface area contributed by atoms with Crippen molar-refractivity contribution in [1.29, 1.82) is 0 Å². The molecule has 2 atom stereocenters. The molecule has 3 aromatic rings. The molecule has 1 saturated heterocycles. The number of ether oxygens (including phenoxy) is 2. The fourth-order valence-electron chi connectivity index (χ4n) is 4.74. The van der Waals surface area contributed by atoms with Gasteiger partial charge in [0.15, 0.2) is 23.0 Å². The van der Waals surface area contributed by atoms with E-state index in [1.54, 1.807) is 42.6 Å². The van der Waals surface area contributed by atoms with Crippen LogP contribution in [0.1, 0.15) is 29.0 Å². The number of pyridine rings is 1. The molecule has 8 nitrogen and oxygen atoms in total. The molecular weight excluding hydrogens is 446 g/mol. The van der Waals surface area contributed by atoms with Crippen molar-refractivity contribution in [2.24, 2.45) is 0 Å². The van der Waals surface area contributed by atoms with Crippen LogP contribution in [0.3, 0.4) is 0 Å². The third-order valence-electron chi connectivity index (χ3n) is 6.60. The van der Waals surface area contributed by atoms with E-state index in [1.807, 2.05) is 30.3 Å². The van der Waals surface area contributed by atoms with Crippen LogP contribution in [0.2, 0.25) is 0 Å². The lowest BCUT2D eigenvalue weighted by Crippen LogP contribution is -2.40. The number of hydrogen-bond donors (Lipinski definition) is 2. The standard InChI is InChI=1S/C27H27N3O5/c1-34-23-8-6-19-13-25(23)35-24-11-17(4-7-22(24)31)5-9-26(32)29-21-16-30(15-20(19)21)27(33)12-18-3-2-10-28-14-18/h2-4,6-8,10-11,13-14,20-21,31H,5,9,12,15-16H2,1H3,(H,29,32)/t20-,21+/m0/s1. The van der Waals surface area contributed by atoms with E-state index in [9.17, 15) is 14.7 Å². The molecule has 0 unspecified atom stereocenters. The highest BCUT2D eigenvalue weighted by Crippen LogP contribution is 2.40. The van der Waals surface area contributed by atoms with Gasteiger partial charge in [0.25, 0.3) is 0 Å². The van der Waals surface area contributed by atoms with Gasteiger partial charge >= 0.3 is 0 Å². The van der Waals surface area contributed by atoms with E-state index in [0.29, 0.717) is 36.8 Å². The first-order chi connectivity index (χ1) is 17.0. The summed E-state index contributed by atoms with van der Waals surface area (Å²) in [6, 6.07) is 14.2. The van der Waals surface area contributed by atoms with E-state index in [2.05, 4.69) is 10.3 Å². The topological polar surface area (TPSA) is 101 Å². The van der Waals surface area contributed by atoms with E-state index in [1.165, 1.54) is 0 Å². The average Bonchev–Trinajstić information content (AvgIpc) is 3.28. The van der Waals surface area contributed by atoms with E-state index < -0.39 is 0 Å². The zero-order chi connectivity index (χ0) is 24.4. The van der Waals surface area contributed by atoms with Crippen molar-refractivity contribution in [3.63, 3.8) is 0 Å². The summed E-state index contributed by atoms with van der Waals surface area (Å²) in [6.45, 7) is 0.890. The number of hydrogen-bond acceptors (Lipinski definition) is 6. The maximum absolute atomic E-state index is 13.1. The molecule has 1 fully saturated rings. The summed E-state index contributed by atoms with van der Waals surface area (Å²) in [5.74, 6) is 1.08. The summed E-state index contributed by atoms with van der Waals surface area (Å²) in [5.41, 5.74) is 2.64. The Morgan fingerprint density at radius 3 is 2.86 bits per heavy atom. The van der Waals surface area contributed by atoms with Gasteiger partial charge in [0.1, 0.15) is 0 Å². The Hall–Kier alpha value is -4.07. The number of rotatable bonds is 3. The molecule has 4 bridgehead atoms. The van der Waals surface area contributed by atoms with Crippen LogP contribution in [0.5, 0.6) is 23.0 Å². The Balaban J connectivity index is 1.48. The number of carbonyl (C=O) groups is 2. The van der Waals surface area contributed by atoms with Gasteiger partial charge in [0, 0.05) is 37.8 Å². The number of carbonyl (C=O) groups excluding carboxylic acids is 2. The highest BCUT2D eigenvalue weighted by atomic mass is 16.5. The maximum Gasteiger partial charge on any atom is 0.227 e. The summed E-state index contributed by atoms with van der Waals surface area (Å²) in [5, 5.41) is 13.5. The largest absolute Gasteiger partial charge is 0.504 e. The van der Waals surface area contributed by atoms with Crippen molar-refractivity contribution in [3.05, 3.63) is 77.6 Å². The normalized spacial score (nSPS) is 19.3. The molecule has 2 aliphatic heterocycles. The molecule has 0 spiro atoms. The lowest BCUT2D eigenvalue weighted by Gasteiger charge is -2.21. The van der Waals surface area contributed by atoms with Crippen LogP contribution in [0.15, 0.2) is 60.9 Å². The number of methoxy groups -OCH3 is 1. The molecule has 5 rings (SSSR count). The first-order valence-corrected chi connectivity index (χ1v) is 11.6. The molecule has 3 heterocycles. The zero-order valence-electron chi connectivity index (χ0n) is 19.4. The molecule has 2 amide bonds. The van der Waals surface area contributed by atoms with E-state index in [4.69, 9.17) is 9.47 Å². The van der Waals surface area contributed by atoms with Crippen molar-refractivity contribution >= 4 is 11.8 Å². The predicted molar refractivity (Wildman–Crippen MR) is 129 cm³/mol. The van der Waals surface area contributed by atoms with Gasteiger partial charge in [-0.2, -0.15) is 0 Å². The summed E-state index contributed by atoms with van der Waals surface area (Å²) in [6.07, 6.45) is 4.42. The Bertz CT molecular complexity index is 1250. The summed E-state index contributed by atoms with van der Waals surface area (Å²) < 4.78 is 11.6. The summed E-state index contributed by atoms with van der Waals surface area (Å²) in [4.78, 5) is 31.8. The smallest absolute Gasteiger partial charge is 0.227 e. The second-order valence-corrected chi connectivity index (χ2v) is 8.93. The van der Waals surface area contributed by atoms with Crippen LogP contribution in [0.25, 0.3) is 0 Å². The van der Waals surface area contributed by atoms with Crippen LogP contribution in [0, 0.1) is 0 Å². The molecule has 2 N–H and O–H groups in total. The van der Waals surface area contributed by atoms with Crippen LogP contribution in [-0.2, 0) is 22.4 Å². The second kappa shape index (κ2) is 9.66. The fourth-order valence-corrected chi connectivity index (χ4v) is 4.74. The summed E-state index contributed by atoms with van der Waals surface area (Å²) in [7, 11) is 1.56. The Labute approximate surface area is 203 Å². The number of likely N-dealkylation sites (tertiary alicyclic amines) is 1. The number of fused-ring (bicyclic) bond motifs is 6. The number of nitrogens with one attached hydrogen (secondary N) is 1. The molecule has 35 heavy (non-hydrogen) atoms. The maximum atomic E-state index is 13.1. The van der Waals surface area contributed by atoms with Crippen LogP contribution in [-0.4, -0.2) is 53.0 Å². The van der Waals surface area contributed by atoms with Gasteiger partial charge in [0.05, 0.1) is 19.6 Å². The molecule has 2 aliphatic rings. The third-order valence-corrected chi connectivity index (χ3v) is 6.60. The molecule has 0 saturated carbocycles. The SMILES string of the molecule is COc1ccc2cc1Oc1cc(ccc1O)CCC(=O)N[C@@H]1CN(C(=O)Cc3cccnc3)C[C@@H]21. The molecule has 2 aromatic carbocycles. The first kappa shape index (κ1) is 22.7. The molecule has 8 heteroatoms. The highest BCUT2D eigenvalue weighted by Gasteiger charge is 2.37. The first-order valence-electron chi connectivity index (χ1n) is 11.6. The number of benzene rings is 2. The molecule has 0 radical (unpaired) electrons. The van der Waals surface area contributed by atoms with Gasteiger partial charge in [-0.25, -0.2) is 0 Å². The minimum absolute atomic E-state index is 0.00597. The molecule has 1 aromatic heterocycles. The van der Waals surface area contributed by atoms with E-state index in [0.717, 1.165) is 16.7 Å². The Morgan fingerprint density at radius 2 is 2.06 bits per heavy atom. The van der Waals surface area contributed by atoms with E-state index >= 15 is 0 Å². The number of phenolic OH excluding ortho intramolecular Hbond substituents is 1. The lowest BCUT2D eigenvalue weighted by molar-refractivity contribution is -0.130. The van der Waals surface area contributed by atoms with Gasteiger partial charge in [-0.3, -0.25) is 14.6 Å². The van der Waals surface area contributed by atoms with Gasteiger partial charge < -0.3 is 24.8 Å². The van der Waals surface area contributed by atoms with Gasteiger partial charge in [-0.1, -0.05) is 18.2 Å². The lowest BCUT2D eigenvalue weighted by atomic mass is 9.93. The van der Waals surface area contributed by atoms with Gasteiger partial charge in [-0.05, 0) is 53.4 Å². The minimum atomic E-state index is -0.237. The zero-order valence-corrected chi connectivity index (χ0v) is 19.4. The number of phenols is 1. The van der Waals surface area contributed by atoms with Gasteiger partial charge in [0.2, 0.25) is 11.8 Å². The van der Waals surface area contributed by atoms with E-state index in [-0.39, 0.29) is 42.4 Å².